The second-order valence-electron chi connectivity index (χ2n) is 6.24. The SMILES string of the molecule is CC1(NC(=O)c2cc([N+](=O)[O-])cn2C2CC2)CCNCC1. The standard InChI is InChI=1S/C14H20N4O3/c1-14(4-6-15-7-5-14)16-13(19)12-8-11(18(20)21)9-17(12)10-2-3-10/h8-10,15H,2-7H2,1H3,(H,16,19). The molecule has 7 heteroatoms. The summed E-state index contributed by atoms with van der Waals surface area (Å²) >= 11 is 0. The number of carbonyl (C=O) groups excluding carboxylic acids is 1. The van der Waals surface area contributed by atoms with Gasteiger partial charge in [-0.1, -0.05) is 0 Å². The van der Waals surface area contributed by atoms with Gasteiger partial charge in [-0.15, -0.1) is 0 Å². The van der Waals surface area contributed by atoms with Gasteiger partial charge in [-0.05, 0) is 45.7 Å². The van der Waals surface area contributed by atoms with Gasteiger partial charge in [-0.2, -0.15) is 0 Å². The van der Waals surface area contributed by atoms with Gasteiger partial charge in [0, 0.05) is 17.6 Å². The number of amides is 1. The van der Waals surface area contributed by atoms with Gasteiger partial charge in [0.15, 0.2) is 0 Å². The summed E-state index contributed by atoms with van der Waals surface area (Å²) < 4.78 is 1.76. The third kappa shape index (κ3) is 2.92. The number of aromatic nitrogens is 1. The van der Waals surface area contributed by atoms with E-state index in [2.05, 4.69) is 10.6 Å². The fourth-order valence-corrected chi connectivity index (χ4v) is 2.84. The highest BCUT2D eigenvalue weighted by molar-refractivity contribution is 5.94. The maximum atomic E-state index is 12.5. The van der Waals surface area contributed by atoms with E-state index in [1.54, 1.807) is 4.57 Å². The molecule has 1 saturated carbocycles. The Balaban J connectivity index is 1.81. The average molecular weight is 292 g/mol. The predicted octanol–water partition coefficient (Wildman–Crippen LogP) is 1.60. The summed E-state index contributed by atoms with van der Waals surface area (Å²) in [7, 11) is 0. The second kappa shape index (κ2) is 5.14. The molecule has 2 fully saturated rings. The summed E-state index contributed by atoms with van der Waals surface area (Å²) in [5, 5.41) is 17.3. The van der Waals surface area contributed by atoms with Crippen LogP contribution < -0.4 is 10.6 Å². The summed E-state index contributed by atoms with van der Waals surface area (Å²) in [6.45, 7) is 3.78. The first-order chi connectivity index (χ1) is 9.98. The minimum atomic E-state index is -0.443. The molecule has 3 rings (SSSR count). The first-order valence-electron chi connectivity index (χ1n) is 7.38. The van der Waals surface area contributed by atoms with Crippen molar-refractivity contribution in [1.82, 2.24) is 15.2 Å². The molecule has 1 aliphatic carbocycles. The van der Waals surface area contributed by atoms with Crippen LogP contribution in [0.5, 0.6) is 0 Å². The zero-order chi connectivity index (χ0) is 15.0. The summed E-state index contributed by atoms with van der Waals surface area (Å²) in [4.78, 5) is 23.0. The molecule has 2 N–H and O–H groups in total. The molecule has 21 heavy (non-hydrogen) atoms. The highest BCUT2D eigenvalue weighted by atomic mass is 16.6. The molecule has 0 unspecified atom stereocenters. The molecule has 1 aromatic rings. The fraction of sp³-hybridized carbons (Fsp3) is 0.643. The smallest absolute Gasteiger partial charge is 0.287 e. The molecule has 1 amide bonds. The third-order valence-corrected chi connectivity index (χ3v) is 4.34. The lowest BCUT2D eigenvalue weighted by atomic mass is 9.90. The molecular weight excluding hydrogens is 272 g/mol. The topological polar surface area (TPSA) is 89.2 Å². The van der Waals surface area contributed by atoms with E-state index in [-0.39, 0.29) is 23.2 Å². The Labute approximate surface area is 122 Å². The summed E-state index contributed by atoms with van der Waals surface area (Å²) in [5.41, 5.74) is 0.155. The fourth-order valence-electron chi connectivity index (χ4n) is 2.84. The van der Waals surface area contributed by atoms with Gasteiger partial charge >= 0.3 is 0 Å². The van der Waals surface area contributed by atoms with Crippen molar-refractivity contribution in [2.75, 3.05) is 13.1 Å². The number of piperidine rings is 1. The predicted molar refractivity (Wildman–Crippen MR) is 77.3 cm³/mol. The van der Waals surface area contributed by atoms with Gasteiger partial charge in [0.2, 0.25) is 0 Å². The van der Waals surface area contributed by atoms with E-state index in [1.165, 1.54) is 12.3 Å². The quantitative estimate of drug-likeness (QED) is 0.651. The van der Waals surface area contributed by atoms with Crippen LogP contribution in [0.15, 0.2) is 12.3 Å². The van der Waals surface area contributed by atoms with Crippen molar-refractivity contribution in [3.63, 3.8) is 0 Å². The lowest BCUT2D eigenvalue weighted by molar-refractivity contribution is -0.384. The minimum absolute atomic E-state index is 0.0116. The molecular formula is C14H20N4O3. The van der Waals surface area contributed by atoms with Crippen LogP contribution in [0.1, 0.15) is 49.1 Å². The van der Waals surface area contributed by atoms with Gasteiger partial charge in [0.05, 0.1) is 11.1 Å². The van der Waals surface area contributed by atoms with Crippen LogP contribution in [0, 0.1) is 10.1 Å². The molecule has 7 nitrogen and oxygen atoms in total. The van der Waals surface area contributed by atoms with Gasteiger partial charge in [0.1, 0.15) is 5.69 Å². The van der Waals surface area contributed by atoms with Crippen molar-refractivity contribution >= 4 is 11.6 Å². The Morgan fingerprint density at radius 2 is 2.14 bits per heavy atom. The number of nitrogens with one attached hydrogen (secondary N) is 2. The minimum Gasteiger partial charge on any atom is -0.346 e. The van der Waals surface area contributed by atoms with E-state index in [0.717, 1.165) is 38.8 Å². The summed E-state index contributed by atoms with van der Waals surface area (Å²) in [6, 6.07) is 1.62. The summed E-state index contributed by atoms with van der Waals surface area (Å²) in [6.07, 6.45) is 5.17. The normalized spacial score (nSPS) is 21.0. The van der Waals surface area contributed by atoms with Crippen molar-refractivity contribution in [1.29, 1.82) is 0 Å². The van der Waals surface area contributed by atoms with Crippen LogP contribution in [0.4, 0.5) is 5.69 Å². The molecule has 0 bridgehead atoms. The molecule has 114 valence electrons. The van der Waals surface area contributed by atoms with Crippen LogP contribution in [0.2, 0.25) is 0 Å². The van der Waals surface area contributed by atoms with Crippen LogP contribution in [-0.2, 0) is 0 Å². The first-order valence-corrected chi connectivity index (χ1v) is 7.38. The Kier molecular flexibility index (Phi) is 3.44. The first kappa shape index (κ1) is 14.1. The van der Waals surface area contributed by atoms with Crippen LogP contribution in [0.3, 0.4) is 0 Å². The Morgan fingerprint density at radius 3 is 2.71 bits per heavy atom. The van der Waals surface area contributed by atoms with E-state index in [4.69, 9.17) is 0 Å². The van der Waals surface area contributed by atoms with Crippen molar-refractivity contribution in [2.24, 2.45) is 0 Å². The van der Waals surface area contributed by atoms with Gasteiger partial charge < -0.3 is 15.2 Å². The van der Waals surface area contributed by atoms with Crippen molar-refractivity contribution in [3.05, 3.63) is 28.1 Å². The highest BCUT2D eigenvalue weighted by Gasteiger charge is 2.33. The molecule has 0 spiro atoms. The maximum absolute atomic E-state index is 12.5. The van der Waals surface area contributed by atoms with Crippen molar-refractivity contribution in [3.8, 4) is 0 Å². The van der Waals surface area contributed by atoms with E-state index >= 15 is 0 Å². The zero-order valence-electron chi connectivity index (χ0n) is 12.1. The van der Waals surface area contributed by atoms with Gasteiger partial charge in [0.25, 0.3) is 11.6 Å². The number of rotatable bonds is 4. The molecule has 1 aliphatic heterocycles. The highest BCUT2D eigenvalue weighted by Crippen LogP contribution is 2.38. The molecule has 1 saturated heterocycles. The zero-order valence-corrected chi connectivity index (χ0v) is 12.1. The summed E-state index contributed by atoms with van der Waals surface area (Å²) in [5.74, 6) is -0.209. The average Bonchev–Trinajstić information content (AvgIpc) is 3.17. The monoisotopic (exact) mass is 292 g/mol. The van der Waals surface area contributed by atoms with E-state index < -0.39 is 4.92 Å². The second-order valence-corrected chi connectivity index (χ2v) is 6.24. The molecule has 0 atom stereocenters. The Hall–Kier alpha value is -1.89. The Bertz CT molecular complexity index is 571. The molecule has 0 aromatic carbocycles. The molecule has 0 radical (unpaired) electrons. The van der Waals surface area contributed by atoms with E-state index in [1.807, 2.05) is 6.92 Å². The molecule has 1 aromatic heterocycles. The number of hydrogen-bond acceptors (Lipinski definition) is 4. The van der Waals surface area contributed by atoms with Crippen LogP contribution in [0.25, 0.3) is 0 Å². The third-order valence-electron chi connectivity index (χ3n) is 4.34. The number of nitrogens with zero attached hydrogens (tertiary/aromatic N) is 2. The number of carbonyl (C=O) groups is 1. The lowest BCUT2D eigenvalue weighted by Crippen LogP contribution is -2.52. The Morgan fingerprint density at radius 1 is 1.48 bits per heavy atom. The maximum Gasteiger partial charge on any atom is 0.287 e. The number of nitro groups is 1. The van der Waals surface area contributed by atoms with Crippen LogP contribution >= 0.6 is 0 Å². The van der Waals surface area contributed by atoms with Gasteiger partial charge in [-0.3, -0.25) is 14.9 Å². The lowest BCUT2D eigenvalue weighted by Gasteiger charge is -2.35. The largest absolute Gasteiger partial charge is 0.346 e. The van der Waals surface area contributed by atoms with Crippen molar-refractivity contribution in [2.45, 2.75) is 44.2 Å². The molecule has 2 aliphatic rings. The van der Waals surface area contributed by atoms with E-state index in [9.17, 15) is 14.9 Å². The van der Waals surface area contributed by atoms with Crippen LogP contribution in [-0.4, -0.2) is 34.0 Å². The molecule has 2 heterocycles. The number of hydrogen-bond donors (Lipinski definition) is 2. The van der Waals surface area contributed by atoms with E-state index in [0.29, 0.717) is 5.69 Å². The van der Waals surface area contributed by atoms with Gasteiger partial charge in [-0.25, -0.2) is 0 Å². The van der Waals surface area contributed by atoms with Crippen molar-refractivity contribution < 1.29 is 9.72 Å².